The molecule has 2 aliphatic rings. The molecule has 1 aliphatic carbocycles. The van der Waals surface area contributed by atoms with Crippen molar-refractivity contribution >= 4 is 6.09 Å². The predicted molar refractivity (Wildman–Crippen MR) is 99.2 cm³/mol. The van der Waals surface area contributed by atoms with E-state index in [-0.39, 0.29) is 6.09 Å². The minimum atomic E-state index is -0.410. The molecule has 2 fully saturated rings. The summed E-state index contributed by atoms with van der Waals surface area (Å²) in [5.41, 5.74) is -0.410. The van der Waals surface area contributed by atoms with Crippen LogP contribution in [0.5, 0.6) is 0 Å². The molecule has 24 heavy (non-hydrogen) atoms. The molecule has 4 heteroatoms. The molecule has 0 unspecified atom stereocenters. The maximum absolute atomic E-state index is 12.4. The van der Waals surface area contributed by atoms with Crippen LogP contribution < -0.4 is 0 Å². The first-order chi connectivity index (χ1) is 11.2. The second-order valence-corrected chi connectivity index (χ2v) is 9.37. The fourth-order valence-electron chi connectivity index (χ4n) is 4.10. The first-order valence-electron chi connectivity index (χ1n) is 9.89. The van der Waals surface area contributed by atoms with E-state index in [2.05, 4.69) is 25.7 Å². The first-order valence-corrected chi connectivity index (χ1v) is 9.89. The lowest BCUT2D eigenvalue weighted by molar-refractivity contribution is 0.0259. The molecule has 0 aromatic rings. The van der Waals surface area contributed by atoms with Crippen molar-refractivity contribution in [1.82, 2.24) is 9.80 Å². The van der Waals surface area contributed by atoms with Crippen molar-refractivity contribution in [1.29, 1.82) is 0 Å². The highest BCUT2D eigenvalue weighted by Crippen LogP contribution is 2.31. The zero-order valence-corrected chi connectivity index (χ0v) is 16.7. The van der Waals surface area contributed by atoms with Gasteiger partial charge in [-0.3, -0.25) is 4.90 Å². The van der Waals surface area contributed by atoms with Crippen LogP contribution in [-0.4, -0.2) is 53.2 Å². The van der Waals surface area contributed by atoms with Gasteiger partial charge in [-0.05, 0) is 64.7 Å². The lowest BCUT2D eigenvalue weighted by atomic mass is 9.85. The monoisotopic (exact) mass is 338 g/mol. The Morgan fingerprint density at radius 3 is 2.29 bits per heavy atom. The molecule has 1 saturated carbocycles. The van der Waals surface area contributed by atoms with Gasteiger partial charge < -0.3 is 9.64 Å². The van der Waals surface area contributed by atoms with Crippen molar-refractivity contribution < 1.29 is 9.53 Å². The fourth-order valence-corrected chi connectivity index (χ4v) is 4.10. The van der Waals surface area contributed by atoms with Crippen LogP contribution in [0.2, 0.25) is 0 Å². The highest BCUT2D eigenvalue weighted by atomic mass is 16.6. The molecule has 0 spiro atoms. The van der Waals surface area contributed by atoms with Crippen LogP contribution in [0.4, 0.5) is 4.79 Å². The van der Waals surface area contributed by atoms with E-state index in [0.29, 0.717) is 18.0 Å². The largest absolute Gasteiger partial charge is 0.444 e. The maximum atomic E-state index is 12.4. The van der Waals surface area contributed by atoms with E-state index >= 15 is 0 Å². The summed E-state index contributed by atoms with van der Waals surface area (Å²) in [7, 11) is 0. The number of ether oxygens (including phenoxy) is 1. The van der Waals surface area contributed by atoms with Gasteiger partial charge in [-0.2, -0.15) is 0 Å². The number of carbonyl (C=O) groups excluding carboxylic acids is 1. The van der Waals surface area contributed by atoms with Gasteiger partial charge in [0.1, 0.15) is 5.60 Å². The highest BCUT2D eigenvalue weighted by molar-refractivity contribution is 5.68. The first kappa shape index (κ1) is 19.6. The average Bonchev–Trinajstić information content (AvgIpc) is 2.93. The molecule has 0 radical (unpaired) electrons. The molecule has 1 saturated heterocycles. The summed E-state index contributed by atoms with van der Waals surface area (Å²) < 4.78 is 5.56. The molecule has 0 N–H and O–H groups in total. The van der Waals surface area contributed by atoms with E-state index in [1.807, 2.05) is 25.7 Å². The Morgan fingerprint density at radius 1 is 1.12 bits per heavy atom. The van der Waals surface area contributed by atoms with Crippen LogP contribution in [0.1, 0.15) is 73.6 Å². The smallest absolute Gasteiger partial charge is 0.410 e. The Kier molecular flexibility index (Phi) is 6.58. The molecule has 1 amide bonds. The molecule has 2 rings (SSSR count). The summed E-state index contributed by atoms with van der Waals surface area (Å²) in [5.74, 6) is 1.55. The molecule has 0 aromatic heterocycles. The molecular formula is C20H38N2O2. The van der Waals surface area contributed by atoms with E-state index in [0.717, 1.165) is 32.0 Å². The Balaban J connectivity index is 1.97. The Morgan fingerprint density at radius 2 is 1.75 bits per heavy atom. The van der Waals surface area contributed by atoms with Gasteiger partial charge in [0.2, 0.25) is 0 Å². The Hall–Kier alpha value is -0.770. The van der Waals surface area contributed by atoms with Gasteiger partial charge in [0.05, 0.1) is 0 Å². The number of hydrogen-bond donors (Lipinski definition) is 0. The van der Waals surface area contributed by atoms with Crippen molar-refractivity contribution in [2.45, 2.75) is 91.3 Å². The van der Waals surface area contributed by atoms with Crippen LogP contribution >= 0.6 is 0 Å². The summed E-state index contributed by atoms with van der Waals surface area (Å²) in [6, 6.07) is 1.20. The zero-order valence-electron chi connectivity index (χ0n) is 16.7. The van der Waals surface area contributed by atoms with Gasteiger partial charge >= 0.3 is 6.09 Å². The number of amides is 1. The minimum Gasteiger partial charge on any atom is -0.444 e. The van der Waals surface area contributed by atoms with Crippen LogP contribution in [0.15, 0.2) is 0 Å². The average molecular weight is 339 g/mol. The number of likely N-dealkylation sites (tertiary alicyclic amines) is 1. The molecule has 1 heterocycles. The summed E-state index contributed by atoms with van der Waals surface area (Å²) >= 11 is 0. The quantitative estimate of drug-likeness (QED) is 0.755. The van der Waals surface area contributed by atoms with Gasteiger partial charge in [0.15, 0.2) is 0 Å². The van der Waals surface area contributed by atoms with Gasteiger partial charge in [-0.25, -0.2) is 4.79 Å². The standard InChI is InChI=1S/C20H38N2O2/c1-15(2)13-22(17-9-7-16(3)8-10-17)18-11-12-21(14-18)19(23)24-20(4,5)6/h15-18H,7-14H2,1-6H3/t16-,17+,18-/m0/s1. The highest BCUT2D eigenvalue weighted by Gasteiger charge is 2.36. The van der Waals surface area contributed by atoms with Crippen LogP contribution in [-0.2, 0) is 4.74 Å². The topological polar surface area (TPSA) is 32.8 Å². The second-order valence-electron chi connectivity index (χ2n) is 9.37. The van der Waals surface area contributed by atoms with Gasteiger partial charge in [-0.15, -0.1) is 0 Å². The Bertz CT molecular complexity index is 408. The van der Waals surface area contributed by atoms with Crippen LogP contribution in [0.3, 0.4) is 0 Å². The van der Waals surface area contributed by atoms with Gasteiger partial charge in [0.25, 0.3) is 0 Å². The lowest BCUT2D eigenvalue weighted by Gasteiger charge is -2.40. The number of carbonyl (C=O) groups is 1. The van der Waals surface area contributed by atoms with Crippen LogP contribution in [0, 0.1) is 11.8 Å². The minimum absolute atomic E-state index is 0.147. The number of rotatable bonds is 4. The molecular weight excluding hydrogens is 300 g/mol. The Labute approximate surface area is 148 Å². The van der Waals surface area contributed by atoms with E-state index in [4.69, 9.17) is 4.74 Å². The molecule has 0 bridgehead atoms. The van der Waals surface area contributed by atoms with Gasteiger partial charge in [0, 0.05) is 31.7 Å². The van der Waals surface area contributed by atoms with E-state index in [1.54, 1.807) is 0 Å². The lowest BCUT2D eigenvalue weighted by Crippen LogP contribution is -2.48. The van der Waals surface area contributed by atoms with E-state index in [9.17, 15) is 4.79 Å². The van der Waals surface area contributed by atoms with Crippen molar-refractivity contribution in [2.24, 2.45) is 11.8 Å². The van der Waals surface area contributed by atoms with E-state index in [1.165, 1.54) is 25.7 Å². The van der Waals surface area contributed by atoms with Gasteiger partial charge in [-0.1, -0.05) is 20.8 Å². The second kappa shape index (κ2) is 8.07. The third-order valence-electron chi connectivity index (χ3n) is 5.31. The molecule has 1 atom stereocenters. The van der Waals surface area contributed by atoms with Crippen LogP contribution in [0.25, 0.3) is 0 Å². The van der Waals surface area contributed by atoms with E-state index < -0.39 is 5.60 Å². The van der Waals surface area contributed by atoms with Crippen molar-refractivity contribution in [3.8, 4) is 0 Å². The van der Waals surface area contributed by atoms with Crippen molar-refractivity contribution in [2.75, 3.05) is 19.6 Å². The molecule has 0 aromatic carbocycles. The SMILES string of the molecule is CC(C)CN([C@H]1CCN(C(=O)OC(C)(C)C)C1)[C@H]1CC[C@@H](C)CC1. The summed E-state index contributed by atoms with van der Waals surface area (Å²) in [5, 5.41) is 0. The zero-order chi connectivity index (χ0) is 17.9. The third kappa shape index (κ3) is 5.65. The summed E-state index contributed by atoms with van der Waals surface area (Å²) in [6.45, 7) is 15.6. The summed E-state index contributed by atoms with van der Waals surface area (Å²) in [6.07, 6.45) is 6.27. The van der Waals surface area contributed by atoms with Crippen molar-refractivity contribution in [3.63, 3.8) is 0 Å². The predicted octanol–water partition coefficient (Wildman–Crippen LogP) is 4.53. The molecule has 1 aliphatic heterocycles. The molecule has 4 nitrogen and oxygen atoms in total. The maximum Gasteiger partial charge on any atom is 0.410 e. The normalized spacial score (nSPS) is 28.7. The number of nitrogens with zero attached hydrogens (tertiary/aromatic N) is 2. The fraction of sp³-hybridized carbons (Fsp3) is 0.950. The number of hydrogen-bond acceptors (Lipinski definition) is 3. The third-order valence-corrected chi connectivity index (χ3v) is 5.31. The van der Waals surface area contributed by atoms with Crippen molar-refractivity contribution in [3.05, 3.63) is 0 Å². The molecule has 140 valence electrons. The summed E-state index contributed by atoms with van der Waals surface area (Å²) in [4.78, 5) is 17.0.